The van der Waals surface area contributed by atoms with E-state index in [9.17, 15) is 14.7 Å². The number of carbonyl (C=O) groups is 2. The van der Waals surface area contributed by atoms with Crippen molar-refractivity contribution in [1.82, 2.24) is 5.32 Å². The van der Waals surface area contributed by atoms with Crippen molar-refractivity contribution in [3.8, 4) is 5.75 Å². The average Bonchev–Trinajstić information content (AvgIpc) is 2.55. The van der Waals surface area contributed by atoms with Crippen LogP contribution in [0, 0.1) is 0 Å². The first kappa shape index (κ1) is 21.7. The summed E-state index contributed by atoms with van der Waals surface area (Å²) in [4.78, 5) is 23.3. The lowest BCUT2D eigenvalue weighted by Crippen LogP contribution is -2.38. The van der Waals surface area contributed by atoms with Crippen LogP contribution in [0.2, 0.25) is 0 Å². The first-order chi connectivity index (χ1) is 12.2. The molecule has 0 saturated carbocycles. The van der Waals surface area contributed by atoms with Crippen LogP contribution in [0.15, 0.2) is 24.3 Å². The van der Waals surface area contributed by atoms with E-state index in [1.54, 1.807) is 52.1 Å². The molecule has 0 aliphatic rings. The third-order valence-corrected chi connectivity index (χ3v) is 3.05. The van der Waals surface area contributed by atoms with Gasteiger partial charge in [-0.2, -0.15) is 0 Å². The van der Waals surface area contributed by atoms with E-state index in [1.165, 1.54) is 0 Å². The lowest BCUT2D eigenvalue weighted by atomic mass is 10.1. The number of carbonyl (C=O) groups excluding carboxylic acids is 1. The van der Waals surface area contributed by atoms with Gasteiger partial charge in [-0.15, -0.1) is 0 Å². The fourth-order valence-electron chi connectivity index (χ4n) is 1.93. The van der Waals surface area contributed by atoms with Gasteiger partial charge in [0.25, 0.3) is 0 Å². The van der Waals surface area contributed by atoms with Crippen molar-refractivity contribution in [2.24, 2.45) is 0 Å². The third-order valence-electron chi connectivity index (χ3n) is 3.05. The molecule has 26 heavy (non-hydrogen) atoms. The maximum absolute atomic E-state index is 11.8. The SMILES string of the molecule is COCCOCCOc1ccc([C@@H](NC(=O)OC(C)(C)C)C(=O)O)cc1. The van der Waals surface area contributed by atoms with E-state index in [0.29, 0.717) is 37.7 Å². The van der Waals surface area contributed by atoms with Gasteiger partial charge in [-0.3, -0.25) is 0 Å². The second-order valence-corrected chi connectivity index (χ2v) is 6.44. The number of alkyl carbamates (subject to hydrolysis) is 1. The summed E-state index contributed by atoms with van der Waals surface area (Å²) in [6.45, 7) is 6.91. The highest BCUT2D eigenvalue weighted by atomic mass is 16.6. The molecule has 0 spiro atoms. The number of carboxylic acids is 1. The summed E-state index contributed by atoms with van der Waals surface area (Å²) < 4.78 is 20.7. The molecule has 1 aromatic rings. The number of benzene rings is 1. The van der Waals surface area contributed by atoms with Gasteiger partial charge >= 0.3 is 12.1 Å². The summed E-state index contributed by atoms with van der Waals surface area (Å²) >= 11 is 0. The number of amides is 1. The van der Waals surface area contributed by atoms with E-state index in [-0.39, 0.29) is 0 Å². The monoisotopic (exact) mass is 369 g/mol. The Morgan fingerprint density at radius 2 is 1.69 bits per heavy atom. The van der Waals surface area contributed by atoms with Crippen molar-refractivity contribution >= 4 is 12.1 Å². The van der Waals surface area contributed by atoms with E-state index in [1.807, 2.05) is 0 Å². The molecule has 0 radical (unpaired) electrons. The molecule has 8 heteroatoms. The molecule has 2 N–H and O–H groups in total. The lowest BCUT2D eigenvalue weighted by molar-refractivity contribution is -0.139. The van der Waals surface area contributed by atoms with E-state index >= 15 is 0 Å². The molecule has 0 heterocycles. The molecule has 0 aromatic heterocycles. The van der Waals surface area contributed by atoms with Gasteiger partial charge < -0.3 is 29.4 Å². The normalized spacial score (nSPS) is 12.3. The number of aliphatic carboxylic acids is 1. The van der Waals surface area contributed by atoms with Crippen LogP contribution in [0.1, 0.15) is 32.4 Å². The minimum Gasteiger partial charge on any atom is -0.491 e. The number of methoxy groups -OCH3 is 1. The number of carboxylic acid groups (broad SMARTS) is 1. The molecule has 0 fully saturated rings. The van der Waals surface area contributed by atoms with Crippen molar-refractivity contribution in [3.63, 3.8) is 0 Å². The van der Waals surface area contributed by atoms with Gasteiger partial charge in [0.05, 0.1) is 19.8 Å². The number of hydrogen-bond donors (Lipinski definition) is 2. The summed E-state index contributed by atoms with van der Waals surface area (Å²) in [5.74, 6) is -0.610. The fraction of sp³-hybridized carbons (Fsp3) is 0.556. The van der Waals surface area contributed by atoms with Gasteiger partial charge in [-0.25, -0.2) is 9.59 Å². The van der Waals surface area contributed by atoms with Gasteiger partial charge in [0.2, 0.25) is 0 Å². The summed E-state index contributed by atoms with van der Waals surface area (Å²) in [5, 5.41) is 11.7. The van der Waals surface area contributed by atoms with Crippen LogP contribution < -0.4 is 10.1 Å². The second kappa shape index (κ2) is 10.6. The van der Waals surface area contributed by atoms with Gasteiger partial charge in [0.15, 0.2) is 6.04 Å². The maximum Gasteiger partial charge on any atom is 0.408 e. The minimum atomic E-state index is -1.21. The van der Waals surface area contributed by atoms with E-state index < -0.39 is 23.7 Å². The van der Waals surface area contributed by atoms with Crippen molar-refractivity contribution in [2.45, 2.75) is 32.4 Å². The van der Waals surface area contributed by atoms with Crippen LogP contribution >= 0.6 is 0 Å². The molecular weight excluding hydrogens is 342 g/mol. The standard InChI is InChI=1S/C18H27NO7/c1-18(2,3)26-17(22)19-15(16(20)21)13-5-7-14(8-6-13)25-12-11-24-10-9-23-4/h5-8,15H,9-12H2,1-4H3,(H,19,22)(H,20,21)/t15-/m1/s1. The van der Waals surface area contributed by atoms with E-state index in [2.05, 4.69) is 5.32 Å². The van der Waals surface area contributed by atoms with Gasteiger partial charge in [-0.1, -0.05) is 12.1 Å². The van der Waals surface area contributed by atoms with E-state index in [0.717, 1.165) is 0 Å². The van der Waals surface area contributed by atoms with Gasteiger partial charge in [0, 0.05) is 7.11 Å². The highest BCUT2D eigenvalue weighted by molar-refractivity contribution is 5.81. The Kier molecular flexibility index (Phi) is 8.87. The summed E-state index contributed by atoms with van der Waals surface area (Å²) in [5.41, 5.74) is -0.303. The Morgan fingerprint density at radius 3 is 2.23 bits per heavy atom. The first-order valence-electron chi connectivity index (χ1n) is 8.24. The van der Waals surface area contributed by atoms with Crippen molar-refractivity contribution in [1.29, 1.82) is 0 Å². The highest BCUT2D eigenvalue weighted by Gasteiger charge is 2.25. The van der Waals surface area contributed by atoms with Crippen LogP contribution in [0.25, 0.3) is 0 Å². The van der Waals surface area contributed by atoms with Crippen LogP contribution in [0.4, 0.5) is 4.79 Å². The zero-order valence-corrected chi connectivity index (χ0v) is 15.6. The molecule has 146 valence electrons. The number of nitrogens with one attached hydrogen (secondary N) is 1. The number of rotatable bonds is 10. The first-order valence-corrected chi connectivity index (χ1v) is 8.24. The fourth-order valence-corrected chi connectivity index (χ4v) is 1.93. The van der Waals surface area contributed by atoms with Crippen molar-refractivity contribution in [3.05, 3.63) is 29.8 Å². The zero-order chi connectivity index (χ0) is 19.6. The predicted molar refractivity (Wildman–Crippen MR) is 94.4 cm³/mol. The molecule has 1 rings (SSSR count). The largest absolute Gasteiger partial charge is 0.491 e. The maximum atomic E-state index is 11.8. The number of hydrogen-bond acceptors (Lipinski definition) is 6. The zero-order valence-electron chi connectivity index (χ0n) is 15.6. The molecule has 0 bridgehead atoms. The van der Waals surface area contributed by atoms with Crippen LogP contribution in [-0.2, 0) is 19.0 Å². The lowest BCUT2D eigenvalue weighted by Gasteiger charge is -2.22. The third kappa shape index (κ3) is 8.68. The highest BCUT2D eigenvalue weighted by Crippen LogP contribution is 2.19. The topological polar surface area (TPSA) is 103 Å². The van der Waals surface area contributed by atoms with Crippen LogP contribution in [0.5, 0.6) is 5.75 Å². The summed E-state index contributed by atoms with van der Waals surface area (Å²) in [7, 11) is 1.60. The quantitative estimate of drug-likeness (QED) is 0.610. The van der Waals surface area contributed by atoms with Crippen LogP contribution in [0.3, 0.4) is 0 Å². The summed E-state index contributed by atoms with van der Waals surface area (Å²) in [6.07, 6.45) is -0.793. The van der Waals surface area contributed by atoms with Crippen LogP contribution in [-0.4, -0.2) is 56.3 Å². The Hall–Kier alpha value is -2.32. The average molecular weight is 369 g/mol. The molecule has 0 saturated heterocycles. The predicted octanol–water partition coefficient (Wildman–Crippen LogP) is 2.38. The Balaban J connectivity index is 2.57. The molecule has 8 nitrogen and oxygen atoms in total. The van der Waals surface area contributed by atoms with E-state index in [4.69, 9.17) is 18.9 Å². The Bertz CT molecular complexity index is 566. The molecule has 0 aliphatic heterocycles. The second-order valence-electron chi connectivity index (χ2n) is 6.44. The number of ether oxygens (including phenoxy) is 4. The van der Waals surface area contributed by atoms with Crippen molar-refractivity contribution in [2.75, 3.05) is 33.5 Å². The molecule has 1 atom stereocenters. The van der Waals surface area contributed by atoms with Gasteiger partial charge in [0.1, 0.15) is 18.0 Å². The van der Waals surface area contributed by atoms with Gasteiger partial charge in [-0.05, 0) is 38.5 Å². The smallest absolute Gasteiger partial charge is 0.408 e. The molecule has 1 aromatic carbocycles. The summed E-state index contributed by atoms with van der Waals surface area (Å²) in [6, 6.07) is 5.22. The minimum absolute atomic E-state index is 0.363. The van der Waals surface area contributed by atoms with Crippen molar-refractivity contribution < 1.29 is 33.6 Å². The Labute approximate surface area is 153 Å². The molecule has 0 unspecified atom stereocenters. The molecule has 0 aliphatic carbocycles. The molecular formula is C18H27NO7. The Morgan fingerprint density at radius 1 is 1.08 bits per heavy atom. The molecule has 1 amide bonds.